The number of imidazole rings is 1. The number of aromatic nitrogens is 3. The molecular weight excluding hydrogens is 360 g/mol. The Balaban J connectivity index is 2.07. The lowest BCUT2D eigenvalue weighted by Crippen LogP contribution is -2.20. The van der Waals surface area contributed by atoms with E-state index < -0.39 is 0 Å². The average molecular weight is 391 g/mol. The summed E-state index contributed by atoms with van der Waals surface area (Å²) in [6.07, 6.45) is 3.74. The standard InChI is InChI=1S/C24H30N4O/c1-6-7-14-27(5)19(4)23-18(3)26-24(20-10-8-17(2)9-11-20)28(23)16-21-12-13-22(29)15-25-21/h8-13,15,29H,4,6-7,14,16H2,1-3,5H3. The summed E-state index contributed by atoms with van der Waals surface area (Å²) >= 11 is 0. The van der Waals surface area contributed by atoms with Crippen LogP contribution >= 0.6 is 0 Å². The van der Waals surface area contributed by atoms with Crippen LogP contribution in [0.15, 0.2) is 49.2 Å². The van der Waals surface area contributed by atoms with E-state index in [4.69, 9.17) is 4.98 Å². The quantitative estimate of drug-likeness (QED) is 0.587. The van der Waals surface area contributed by atoms with Crippen LogP contribution in [-0.4, -0.2) is 38.1 Å². The minimum absolute atomic E-state index is 0.165. The third-order valence-corrected chi connectivity index (χ3v) is 5.16. The van der Waals surface area contributed by atoms with Gasteiger partial charge in [0.15, 0.2) is 0 Å². The molecule has 152 valence electrons. The summed E-state index contributed by atoms with van der Waals surface area (Å²) in [5, 5.41) is 9.58. The van der Waals surface area contributed by atoms with Crippen LogP contribution in [0.2, 0.25) is 0 Å². The van der Waals surface area contributed by atoms with Gasteiger partial charge in [-0.1, -0.05) is 49.8 Å². The molecule has 0 aliphatic rings. The molecule has 0 radical (unpaired) electrons. The van der Waals surface area contributed by atoms with Gasteiger partial charge in [-0.15, -0.1) is 0 Å². The first kappa shape index (κ1) is 20.6. The first-order valence-electron chi connectivity index (χ1n) is 10.1. The number of hydrogen-bond acceptors (Lipinski definition) is 4. The number of pyridine rings is 1. The van der Waals surface area contributed by atoms with Crippen LogP contribution in [0.4, 0.5) is 0 Å². The van der Waals surface area contributed by atoms with E-state index in [1.807, 2.05) is 13.0 Å². The Morgan fingerprint density at radius 2 is 1.86 bits per heavy atom. The van der Waals surface area contributed by atoms with Crippen LogP contribution in [0.1, 0.15) is 42.4 Å². The summed E-state index contributed by atoms with van der Waals surface area (Å²) in [6.45, 7) is 12.2. The lowest BCUT2D eigenvalue weighted by Gasteiger charge is -2.23. The molecule has 0 saturated heterocycles. The number of unbranched alkanes of at least 4 members (excludes halogenated alkanes) is 1. The van der Waals surface area contributed by atoms with Crippen molar-refractivity contribution in [1.82, 2.24) is 19.4 Å². The summed E-state index contributed by atoms with van der Waals surface area (Å²) in [5.74, 6) is 1.07. The molecule has 0 aliphatic heterocycles. The van der Waals surface area contributed by atoms with Crippen LogP contribution in [0, 0.1) is 13.8 Å². The van der Waals surface area contributed by atoms with Crippen molar-refractivity contribution in [3.63, 3.8) is 0 Å². The highest BCUT2D eigenvalue weighted by atomic mass is 16.3. The van der Waals surface area contributed by atoms with Crippen molar-refractivity contribution in [2.75, 3.05) is 13.6 Å². The van der Waals surface area contributed by atoms with Crippen molar-refractivity contribution in [3.8, 4) is 17.1 Å². The summed E-state index contributed by atoms with van der Waals surface area (Å²) < 4.78 is 2.18. The van der Waals surface area contributed by atoms with Crippen molar-refractivity contribution in [1.29, 1.82) is 0 Å². The summed E-state index contributed by atoms with van der Waals surface area (Å²) in [4.78, 5) is 11.5. The molecule has 3 rings (SSSR count). The molecular formula is C24H30N4O. The number of rotatable bonds is 8. The van der Waals surface area contributed by atoms with Gasteiger partial charge in [0.05, 0.1) is 35.5 Å². The van der Waals surface area contributed by atoms with Gasteiger partial charge in [-0.25, -0.2) is 4.98 Å². The second-order valence-electron chi connectivity index (χ2n) is 7.55. The van der Waals surface area contributed by atoms with E-state index >= 15 is 0 Å². The predicted octanol–water partition coefficient (Wildman–Crippen LogP) is 5.02. The lowest BCUT2D eigenvalue weighted by molar-refractivity contribution is 0.459. The average Bonchev–Trinajstić information content (AvgIpc) is 3.03. The van der Waals surface area contributed by atoms with E-state index in [-0.39, 0.29) is 5.75 Å². The van der Waals surface area contributed by atoms with Gasteiger partial charge in [0.2, 0.25) is 0 Å². The molecule has 2 heterocycles. The van der Waals surface area contributed by atoms with Gasteiger partial charge in [-0.05, 0) is 32.4 Å². The Morgan fingerprint density at radius 1 is 1.14 bits per heavy atom. The fourth-order valence-corrected chi connectivity index (χ4v) is 3.40. The van der Waals surface area contributed by atoms with Gasteiger partial charge >= 0.3 is 0 Å². The zero-order valence-electron chi connectivity index (χ0n) is 17.8. The van der Waals surface area contributed by atoms with Crippen LogP contribution in [0.25, 0.3) is 17.1 Å². The molecule has 1 N–H and O–H groups in total. The SMILES string of the molecule is C=C(c1c(C)nc(-c2ccc(C)cc2)n1Cc1ccc(O)cn1)N(C)CCCC. The Hall–Kier alpha value is -3.08. The second kappa shape index (κ2) is 8.95. The molecule has 0 spiro atoms. The largest absolute Gasteiger partial charge is 0.506 e. The Bertz CT molecular complexity index is 971. The van der Waals surface area contributed by atoms with E-state index in [0.717, 1.165) is 53.6 Å². The zero-order chi connectivity index (χ0) is 21.0. The molecule has 29 heavy (non-hydrogen) atoms. The van der Waals surface area contributed by atoms with Gasteiger partial charge in [0.25, 0.3) is 0 Å². The monoisotopic (exact) mass is 390 g/mol. The third kappa shape index (κ3) is 4.67. The van der Waals surface area contributed by atoms with Crippen molar-refractivity contribution in [2.45, 2.75) is 40.2 Å². The molecule has 0 bridgehead atoms. The van der Waals surface area contributed by atoms with Gasteiger partial charge in [-0.2, -0.15) is 0 Å². The van der Waals surface area contributed by atoms with Crippen LogP contribution < -0.4 is 0 Å². The number of aromatic hydroxyl groups is 1. The molecule has 0 amide bonds. The van der Waals surface area contributed by atoms with Gasteiger partial charge < -0.3 is 14.6 Å². The highest BCUT2D eigenvalue weighted by Crippen LogP contribution is 2.29. The minimum Gasteiger partial charge on any atom is -0.506 e. The molecule has 0 saturated carbocycles. The van der Waals surface area contributed by atoms with Gasteiger partial charge in [0, 0.05) is 19.2 Å². The molecule has 0 unspecified atom stereocenters. The van der Waals surface area contributed by atoms with E-state index in [0.29, 0.717) is 6.54 Å². The van der Waals surface area contributed by atoms with E-state index in [1.54, 1.807) is 6.07 Å². The van der Waals surface area contributed by atoms with Crippen molar-refractivity contribution < 1.29 is 5.11 Å². The van der Waals surface area contributed by atoms with Crippen LogP contribution in [0.3, 0.4) is 0 Å². The molecule has 2 aromatic heterocycles. The van der Waals surface area contributed by atoms with Crippen LogP contribution in [0.5, 0.6) is 5.75 Å². The smallest absolute Gasteiger partial charge is 0.141 e. The normalized spacial score (nSPS) is 10.9. The molecule has 5 nitrogen and oxygen atoms in total. The molecule has 0 aliphatic carbocycles. The lowest BCUT2D eigenvalue weighted by atomic mass is 10.1. The van der Waals surface area contributed by atoms with Gasteiger partial charge in [0.1, 0.15) is 11.6 Å². The molecule has 0 fully saturated rings. The highest BCUT2D eigenvalue weighted by molar-refractivity contribution is 5.67. The maximum Gasteiger partial charge on any atom is 0.141 e. The number of aryl methyl sites for hydroxylation is 2. The van der Waals surface area contributed by atoms with Crippen LogP contribution in [-0.2, 0) is 6.54 Å². The molecule has 5 heteroatoms. The first-order chi connectivity index (χ1) is 13.9. The molecule has 0 atom stereocenters. The van der Waals surface area contributed by atoms with Crippen molar-refractivity contribution in [2.24, 2.45) is 0 Å². The highest BCUT2D eigenvalue weighted by Gasteiger charge is 2.20. The molecule has 1 aromatic carbocycles. The van der Waals surface area contributed by atoms with E-state index in [1.165, 1.54) is 11.8 Å². The first-order valence-corrected chi connectivity index (χ1v) is 10.1. The molecule has 3 aromatic rings. The van der Waals surface area contributed by atoms with E-state index in [2.05, 4.69) is 66.2 Å². The van der Waals surface area contributed by atoms with Crippen molar-refractivity contribution >= 4 is 5.70 Å². The Morgan fingerprint density at radius 3 is 2.48 bits per heavy atom. The minimum atomic E-state index is 0.165. The Kier molecular flexibility index (Phi) is 6.37. The zero-order valence-corrected chi connectivity index (χ0v) is 17.8. The summed E-state index contributed by atoms with van der Waals surface area (Å²) in [6, 6.07) is 11.9. The third-order valence-electron chi connectivity index (χ3n) is 5.16. The predicted molar refractivity (Wildman–Crippen MR) is 119 cm³/mol. The number of benzene rings is 1. The van der Waals surface area contributed by atoms with Gasteiger partial charge in [-0.3, -0.25) is 4.98 Å². The fourth-order valence-electron chi connectivity index (χ4n) is 3.40. The fraction of sp³-hybridized carbons (Fsp3) is 0.333. The Labute approximate surface area is 173 Å². The topological polar surface area (TPSA) is 54.2 Å². The maximum atomic E-state index is 9.58. The summed E-state index contributed by atoms with van der Waals surface area (Å²) in [7, 11) is 2.08. The van der Waals surface area contributed by atoms with Crippen molar-refractivity contribution in [3.05, 3.63) is 71.8 Å². The summed E-state index contributed by atoms with van der Waals surface area (Å²) in [5.41, 5.74) is 6.07. The maximum absolute atomic E-state index is 9.58. The van der Waals surface area contributed by atoms with E-state index in [9.17, 15) is 5.11 Å². The number of hydrogen-bond donors (Lipinski definition) is 1. The number of nitrogens with zero attached hydrogens (tertiary/aromatic N) is 4. The second-order valence-corrected chi connectivity index (χ2v) is 7.55.